The Morgan fingerprint density at radius 2 is 1.59 bits per heavy atom. The van der Waals surface area contributed by atoms with Crippen molar-refractivity contribution in [2.45, 2.75) is 77.2 Å². The van der Waals surface area contributed by atoms with Crippen molar-refractivity contribution in [2.75, 3.05) is 0 Å². The van der Waals surface area contributed by atoms with E-state index in [0.29, 0.717) is 5.92 Å². The zero-order valence-corrected chi connectivity index (χ0v) is 18.3. The molecule has 0 aliphatic rings. The van der Waals surface area contributed by atoms with Crippen LogP contribution in [0.15, 0.2) is 73.1 Å². The SMILES string of the molecule is CCCCCCC(c1nccn1CC)C(C)(Cc1ccccc1)c1ccccc1. The summed E-state index contributed by atoms with van der Waals surface area (Å²) in [4.78, 5) is 4.88. The van der Waals surface area contributed by atoms with E-state index in [-0.39, 0.29) is 5.41 Å². The Bertz CT molecular complexity index is 837. The highest BCUT2D eigenvalue weighted by atomic mass is 15.1. The van der Waals surface area contributed by atoms with Crippen molar-refractivity contribution in [1.82, 2.24) is 9.55 Å². The van der Waals surface area contributed by atoms with Gasteiger partial charge in [-0.3, -0.25) is 0 Å². The van der Waals surface area contributed by atoms with Crippen LogP contribution in [0.25, 0.3) is 0 Å². The summed E-state index contributed by atoms with van der Waals surface area (Å²) < 4.78 is 2.34. The molecule has 0 bridgehead atoms. The van der Waals surface area contributed by atoms with Crippen LogP contribution < -0.4 is 0 Å². The first-order valence-electron chi connectivity index (χ1n) is 11.3. The molecule has 0 radical (unpaired) electrons. The number of benzene rings is 2. The largest absolute Gasteiger partial charge is 0.335 e. The van der Waals surface area contributed by atoms with Gasteiger partial charge in [-0.05, 0) is 30.9 Å². The van der Waals surface area contributed by atoms with Crippen molar-refractivity contribution >= 4 is 0 Å². The second-order valence-electron chi connectivity index (χ2n) is 8.42. The van der Waals surface area contributed by atoms with Crippen molar-refractivity contribution in [3.05, 3.63) is 90.0 Å². The fraction of sp³-hybridized carbons (Fsp3) is 0.444. The average Bonchev–Trinajstić information content (AvgIpc) is 3.23. The monoisotopic (exact) mass is 388 g/mol. The Labute approximate surface area is 177 Å². The number of hydrogen-bond donors (Lipinski definition) is 0. The summed E-state index contributed by atoms with van der Waals surface area (Å²) >= 11 is 0. The molecule has 0 spiro atoms. The van der Waals surface area contributed by atoms with Crippen molar-refractivity contribution in [2.24, 2.45) is 0 Å². The van der Waals surface area contributed by atoms with Gasteiger partial charge in [0.15, 0.2) is 0 Å². The standard InChI is InChI=1S/C27H36N2/c1-4-6-7-14-19-25(26-28-20-21-29(26)5-2)27(3,24-17-12-9-13-18-24)22-23-15-10-8-11-16-23/h8-13,15-18,20-21,25H,4-7,14,19,22H2,1-3H3. The van der Waals surface area contributed by atoms with Gasteiger partial charge < -0.3 is 4.57 Å². The Morgan fingerprint density at radius 1 is 0.897 bits per heavy atom. The van der Waals surface area contributed by atoms with Gasteiger partial charge in [-0.25, -0.2) is 4.98 Å². The molecule has 2 aromatic carbocycles. The van der Waals surface area contributed by atoms with E-state index in [4.69, 9.17) is 4.98 Å². The molecule has 0 N–H and O–H groups in total. The van der Waals surface area contributed by atoms with Crippen molar-refractivity contribution in [1.29, 1.82) is 0 Å². The van der Waals surface area contributed by atoms with Crippen LogP contribution in [-0.2, 0) is 18.4 Å². The predicted octanol–water partition coefficient (Wildman–Crippen LogP) is 7.16. The fourth-order valence-electron chi connectivity index (χ4n) is 4.67. The van der Waals surface area contributed by atoms with Gasteiger partial charge in [-0.15, -0.1) is 0 Å². The molecule has 0 saturated heterocycles. The number of hydrogen-bond acceptors (Lipinski definition) is 1. The lowest BCUT2D eigenvalue weighted by Gasteiger charge is -2.39. The molecule has 0 fully saturated rings. The molecule has 0 saturated carbocycles. The van der Waals surface area contributed by atoms with E-state index in [1.54, 1.807) is 0 Å². The number of aromatic nitrogens is 2. The molecular weight excluding hydrogens is 352 g/mol. The predicted molar refractivity (Wildman–Crippen MR) is 123 cm³/mol. The smallest absolute Gasteiger partial charge is 0.112 e. The van der Waals surface area contributed by atoms with Gasteiger partial charge in [-0.2, -0.15) is 0 Å². The number of aryl methyl sites for hydroxylation is 1. The lowest BCUT2D eigenvalue weighted by Crippen LogP contribution is -2.35. The van der Waals surface area contributed by atoms with Crippen LogP contribution in [0, 0.1) is 0 Å². The first-order valence-corrected chi connectivity index (χ1v) is 11.3. The van der Waals surface area contributed by atoms with Gasteiger partial charge in [0.25, 0.3) is 0 Å². The molecule has 2 nitrogen and oxygen atoms in total. The summed E-state index contributed by atoms with van der Waals surface area (Å²) in [6.45, 7) is 7.92. The van der Waals surface area contributed by atoms with E-state index in [9.17, 15) is 0 Å². The Kier molecular flexibility index (Phi) is 7.69. The van der Waals surface area contributed by atoms with Crippen molar-refractivity contribution in [3.63, 3.8) is 0 Å². The van der Waals surface area contributed by atoms with Crippen LogP contribution >= 0.6 is 0 Å². The third-order valence-electron chi connectivity index (χ3n) is 6.36. The van der Waals surface area contributed by atoms with Crippen molar-refractivity contribution in [3.8, 4) is 0 Å². The molecule has 3 aromatic rings. The van der Waals surface area contributed by atoms with E-state index in [1.807, 2.05) is 6.20 Å². The second-order valence-corrected chi connectivity index (χ2v) is 8.42. The lowest BCUT2D eigenvalue weighted by molar-refractivity contribution is 0.324. The lowest BCUT2D eigenvalue weighted by atomic mass is 9.66. The third-order valence-corrected chi connectivity index (χ3v) is 6.36. The van der Waals surface area contributed by atoms with E-state index >= 15 is 0 Å². The normalized spacial score (nSPS) is 14.4. The maximum Gasteiger partial charge on any atom is 0.112 e. The average molecular weight is 389 g/mol. The van der Waals surface area contributed by atoms with E-state index in [1.165, 1.54) is 49.1 Å². The number of imidazole rings is 1. The summed E-state index contributed by atoms with van der Waals surface area (Å²) in [5, 5.41) is 0. The first-order chi connectivity index (χ1) is 14.2. The molecule has 2 heteroatoms. The molecule has 2 atom stereocenters. The van der Waals surface area contributed by atoms with Gasteiger partial charge in [0.05, 0.1) is 0 Å². The van der Waals surface area contributed by atoms with Gasteiger partial charge >= 0.3 is 0 Å². The van der Waals surface area contributed by atoms with Crippen LogP contribution in [0.5, 0.6) is 0 Å². The quantitative estimate of drug-likeness (QED) is 0.319. The Balaban J connectivity index is 2.03. The maximum atomic E-state index is 4.88. The molecule has 29 heavy (non-hydrogen) atoms. The zero-order valence-electron chi connectivity index (χ0n) is 18.3. The van der Waals surface area contributed by atoms with Crippen LogP contribution in [0.3, 0.4) is 0 Å². The van der Waals surface area contributed by atoms with Crippen LogP contribution in [-0.4, -0.2) is 9.55 Å². The summed E-state index contributed by atoms with van der Waals surface area (Å²) in [6, 6.07) is 22.0. The Hall–Kier alpha value is -2.35. The number of nitrogens with zero attached hydrogens (tertiary/aromatic N) is 2. The molecule has 0 aliphatic heterocycles. The van der Waals surface area contributed by atoms with Gasteiger partial charge in [0, 0.05) is 30.3 Å². The molecule has 154 valence electrons. The molecule has 1 aromatic heterocycles. The van der Waals surface area contributed by atoms with Crippen molar-refractivity contribution < 1.29 is 0 Å². The number of unbranched alkanes of at least 4 members (excludes halogenated alkanes) is 3. The topological polar surface area (TPSA) is 17.8 Å². The molecular formula is C27H36N2. The highest BCUT2D eigenvalue weighted by molar-refractivity contribution is 5.33. The summed E-state index contributed by atoms with van der Waals surface area (Å²) in [7, 11) is 0. The van der Waals surface area contributed by atoms with Gasteiger partial charge in [0.1, 0.15) is 5.82 Å². The third kappa shape index (κ3) is 5.18. The minimum atomic E-state index is -0.00684. The minimum absolute atomic E-state index is 0.00684. The summed E-state index contributed by atoms with van der Waals surface area (Å²) in [5.41, 5.74) is 2.80. The molecule has 1 heterocycles. The molecule has 0 amide bonds. The van der Waals surface area contributed by atoms with Gasteiger partial charge in [0.2, 0.25) is 0 Å². The highest BCUT2D eigenvalue weighted by Crippen LogP contribution is 2.44. The first kappa shape index (κ1) is 21.4. The second kappa shape index (κ2) is 10.4. The molecule has 0 aliphatic carbocycles. The van der Waals surface area contributed by atoms with Gasteiger partial charge in [-0.1, -0.05) is 100 Å². The summed E-state index contributed by atoms with van der Waals surface area (Å²) in [5.74, 6) is 1.63. The Morgan fingerprint density at radius 3 is 2.24 bits per heavy atom. The molecule has 2 unspecified atom stereocenters. The minimum Gasteiger partial charge on any atom is -0.335 e. The highest BCUT2D eigenvalue weighted by Gasteiger charge is 2.38. The summed E-state index contributed by atoms with van der Waals surface area (Å²) in [6.07, 6.45) is 11.5. The van der Waals surface area contributed by atoms with E-state index < -0.39 is 0 Å². The number of rotatable bonds is 11. The fourth-order valence-corrected chi connectivity index (χ4v) is 4.67. The molecule has 3 rings (SSSR count). The van der Waals surface area contributed by atoms with E-state index in [0.717, 1.165) is 13.0 Å². The van der Waals surface area contributed by atoms with E-state index in [2.05, 4.69) is 92.2 Å². The van der Waals surface area contributed by atoms with Crippen LogP contribution in [0.2, 0.25) is 0 Å². The van der Waals surface area contributed by atoms with Crippen LogP contribution in [0.4, 0.5) is 0 Å². The maximum absolute atomic E-state index is 4.88. The zero-order chi connectivity index (χ0) is 20.5. The van der Waals surface area contributed by atoms with Crippen LogP contribution in [0.1, 0.15) is 75.7 Å².